The van der Waals surface area contributed by atoms with Gasteiger partial charge in [0.2, 0.25) is 0 Å². The summed E-state index contributed by atoms with van der Waals surface area (Å²) in [7, 11) is -3.83. The summed E-state index contributed by atoms with van der Waals surface area (Å²) in [5.41, 5.74) is 0.911. The molecule has 0 aliphatic heterocycles. The highest BCUT2D eigenvalue weighted by atomic mass is 32.2. The second-order valence-corrected chi connectivity index (χ2v) is 6.60. The van der Waals surface area contributed by atoms with Crippen molar-refractivity contribution in [2.24, 2.45) is 10.1 Å². The van der Waals surface area contributed by atoms with Crippen LogP contribution >= 0.6 is 0 Å². The molecule has 0 amide bonds. The van der Waals surface area contributed by atoms with E-state index in [9.17, 15) is 26.8 Å². The number of nitrogens with one attached hydrogen (secondary N) is 2. The molecule has 1 heterocycles. The monoisotopic (exact) mass is 408 g/mol. The number of aryl methyl sites for hydroxylation is 1. The summed E-state index contributed by atoms with van der Waals surface area (Å²) in [5, 5.41) is 21.2. The Morgan fingerprint density at radius 2 is 2.07 bits per heavy atom. The summed E-state index contributed by atoms with van der Waals surface area (Å²) in [6, 6.07) is 4.14. The number of benzene rings is 1. The Labute approximate surface area is 151 Å². The number of hydroxylamine groups is 1. The highest BCUT2D eigenvalue weighted by Crippen LogP contribution is 2.31. The number of rotatable bonds is 7. The number of nitrogens with two attached hydrogens (primary N) is 1. The molecule has 1 aromatic heterocycles. The van der Waals surface area contributed by atoms with E-state index in [2.05, 4.69) is 24.7 Å². The average Bonchev–Trinajstić information content (AvgIpc) is 3.03. The predicted octanol–water partition coefficient (Wildman–Crippen LogP) is 0.871. The molecule has 0 saturated carbocycles. The lowest BCUT2D eigenvalue weighted by Crippen LogP contribution is -2.31. The minimum absolute atomic E-state index is 0.0117. The molecule has 0 atom stereocenters. The van der Waals surface area contributed by atoms with E-state index in [0.717, 1.165) is 18.2 Å². The van der Waals surface area contributed by atoms with Crippen molar-refractivity contribution < 1.29 is 31.4 Å². The third-order valence-electron chi connectivity index (χ3n) is 3.19. The fourth-order valence-corrected chi connectivity index (χ4v) is 2.46. The second kappa shape index (κ2) is 8.43. The smallest absolute Gasteiger partial charge is 0.290 e. The molecule has 0 unspecified atom stereocenters. The zero-order chi connectivity index (χ0) is 20.1. The standard InChI is InChI=1S/C13H15F3N6O4S/c14-13(15,16)8-3-1-4-9(7-8)19-12(20-23)11-10(21-26-22-11)5-2-6-18-27(17,24)25/h1,3-4,7,18,23H,2,5-6H2,(H,19,20)(H2,17,24,25). The number of halogens is 3. The average molecular weight is 408 g/mol. The van der Waals surface area contributed by atoms with Crippen LogP contribution in [0.15, 0.2) is 33.9 Å². The SMILES string of the molecule is NS(=O)(=O)NCCCc1nonc1C(=Nc1cccc(C(F)(F)F)c1)NO. The summed E-state index contributed by atoms with van der Waals surface area (Å²) in [6.45, 7) is 0.0117. The van der Waals surface area contributed by atoms with E-state index < -0.39 is 21.9 Å². The number of aromatic nitrogens is 2. The van der Waals surface area contributed by atoms with Gasteiger partial charge in [-0.2, -0.15) is 21.6 Å². The van der Waals surface area contributed by atoms with Crippen molar-refractivity contribution in [2.45, 2.75) is 19.0 Å². The molecule has 2 aromatic rings. The van der Waals surface area contributed by atoms with Crippen molar-refractivity contribution in [3.8, 4) is 0 Å². The Morgan fingerprint density at radius 3 is 2.70 bits per heavy atom. The fraction of sp³-hybridized carbons (Fsp3) is 0.308. The molecule has 0 aliphatic rings. The first-order valence-corrected chi connectivity index (χ1v) is 8.90. The van der Waals surface area contributed by atoms with Crippen LogP contribution in [-0.4, -0.2) is 36.3 Å². The van der Waals surface area contributed by atoms with Gasteiger partial charge < -0.3 is 0 Å². The lowest BCUT2D eigenvalue weighted by Gasteiger charge is -2.07. The topological polar surface area (TPSA) is 156 Å². The van der Waals surface area contributed by atoms with Gasteiger partial charge in [-0.15, -0.1) is 0 Å². The van der Waals surface area contributed by atoms with Gasteiger partial charge in [-0.3, -0.25) is 10.7 Å². The number of hydrogen-bond acceptors (Lipinski definition) is 7. The molecule has 5 N–H and O–H groups in total. The lowest BCUT2D eigenvalue weighted by molar-refractivity contribution is -0.137. The molecule has 148 valence electrons. The van der Waals surface area contributed by atoms with Crippen molar-refractivity contribution in [3.63, 3.8) is 0 Å². The Kier molecular flexibility index (Phi) is 6.48. The van der Waals surface area contributed by atoms with Crippen LogP contribution in [0.3, 0.4) is 0 Å². The summed E-state index contributed by atoms with van der Waals surface area (Å²) in [4.78, 5) is 3.88. The van der Waals surface area contributed by atoms with Crippen molar-refractivity contribution in [2.75, 3.05) is 6.54 Å². The molecule has 0 spiro atoms. The summed E-state index contributed by atoms with van der Waals surface area (Å²) >= 11 is 0. The Morgan fingerprint density at radius 1 is 1.33 bits per heavy atom. The van der Waals surface area contributed by atoms with E-state index >= 15 is 0 Å². The van der Waals surface area contributed by atoms with Gasteiger partial charge in [0.25, 0.3) is 10.2 Å². The lowest BCUT2D eigenvalue weighted by atomic mass is 10.2. The van der Waals surface area contributed by atoms with Crippen LogP contribution in [0.5, 0.6) is 0 Å². The summed E-state index contributed by atoms with van der Waals surface area (Å²) in [6.07, 6.45) is -4.11. The van der Waals surface area contributed by atoms with Crippen molar-refractivity contribution in [1.29, 1.82) is 0 Å². The van der Waals surface area contributed by atoms with Gasteiger partial charge in [-0.1, -0.05) is 11.2 Å². The highest BCUT2D eigenvalue weighted by Gasteiger charge is 2.30. The molecule has 0 saturated heterocycles. The maximum atomic E-state index is 12.8. The van der Waals surface area contributed by atoms with Gasteiger partial charge >= 0.3 is 6.18 Å². The maximum absolute atomic E-state index is 12.8. The quantitative estimate of drug-likeness (QED) is 0.229. The van der Waals surface area contributed by atoms with E-state index in [1.54, 1.807) is 5.48 Å². The van der Waals surface area contributed by atoms with Crippen LogP contribution in [0.2, 0.25) is 0 Å². The molecule has 10 nitrogen and oxygen atoms in total. The molecule has 0 aliphatic carbocycles. The molecule has 0 fully saturated rings. The summed E-state index contributed by atoms with van der Waals surface area (Å²) < 4.78 is 66.5. The van der Waals surface area contributed by atoms with E-state index in [-0.39, 0.29) is 42.3 Å². The second-order valence-electron chi connectivity index (χ2n) is 5.22. The number of aliphatic imine (C=N–C) groups is 1. The van der Waals surface area contributed by atoms with Crippen molar-refractivity contribution in [1.82, 2.24) is 20.5 Å². The van der Waals surface area contributed by atoms with Gasteiger partial charge in [0, 0.05) is 6.54 Å². The third-order valence-corrected chi connectivity index (χ3v) is 3.80. The highest BCUT2D eigenvalue weighted by molar-refractivity contribution is 7.87. The van der Waals surface area contributed by atoms with Crippen molar-refractivity contribution in [3.05, 3.63) is 41.2 Å². The Hall–Kier alpha value is -2.55. The van der Waals surface area contributed by atoms with E-state index in [1.807, 2.05) is 0 Å². The Bertz CT molecular complexity index is 913. The first-order chi connectivity index (χ1) is 12.6. The third kappa shape index (κ3) is 6.28. The fourth-order valence-electron chi connectivity index (χ4n) is 2.03. The van der Waals surface area contributed by atoms with Gasteiger partial charge in [-0.05, 0) is 36.2 Å². The zero-order valence-electron chi connectivity index (χ0n) is 13.6. The minimum atomic E-state index is -4.55. The molecule has 1 aromatic carbocycles. The number of nitrogens with zero attached hydrogens (tertiary/aromatic N) is 3. The maximum Gasteiger partial charge on any atom is 0.416 e. The molecular weight excluding hydrogens is 393 g/mol. The molecule has 14 heteroatoms. The van der Waals surface area contributed by atoms with Crippen LogP contribution in [0.4, 0.5) is 18.9 Å². The van der Waals surface area contributed by atoms with Gasteiger partial charge in [-0.25, -0.2) is 19.5 Å². The predicted molar refractivity (Wildman–Crippen MR) is 86.3 cm³/mol. The van der Waals surface area contributed by atoms with E-state index in [1.165, 1.54) is 6.07 Å². The molecule has 0 bridgehead atoms. The van der Waals surface area contributed by atoms with Crippen LogP contribution in [0, 0.1) is 0 Å². The van der Waals surface area contributed by atoms with Gasteiger partial charge in [0.15, 0.2) is 11.5 Å². The molecule has 27 heavy (non-hydrogen) atoms. The first-order valence-electron chi connectivity index (χ1n) is 7.35. The molecular formula is C13H15F3N6O4S. The number of amidine groups is 1. The van der Waals surface area contributed by atoms with E-state index in [4.69, 9.17) is 5.14 Å². The molecule has 2 rings (SSSR count). The summed E-state index contributed by atoms with van der Waals surface area (Å²) in [5.74, 6) is -0.287. The van der Waals surface area contributed by atoms with Crippen LogP contribution in [0.25, 0.3) is 0 Å². The minimum Gasteiger partial charge on any atom is -0.290 e. The van der Waals surface area contributed by atoms with Crippen molar-refractivity contribution >= 4 is 21.7 Å². The largest absolute Gasteiger partial charge is 0.416 e. The van der Waals surface area contributed by atoms with Crippen LogP contribution in [-0.2, 0) is 22.8 Å². The first kappa shape index (κ1) is 20.8. The number of alkyl halides is 3. The van der Waals surface area contributed by atoms with Crippen LogP contribution < -0.4 is 15.3 Å². The Balaban J connectivity index is 2.19. The zero-order valence-corrected chi connectivity index (χ0v) is 14.4. The van der Waals surface area contributed by atoms with Gasteiger partial charge in [0.05, 0.1) is 11.3 Å². The normalized spacial score (nSPS) is 13.0. The molecule has 0 radical (unpaired) electrons. The van der Waals surface area contributed by atoms with E-state index in [0.29, 0.717) is 0 Å². The van der Waals surface area contributed by atoms with Gasteiger partial charge in [0.1, 0.15) is 5.69 Å². The van der Waals surface area contributed by atoms with Crippen LogP contribution in [0.1, 0.15) is 23.4 Å². The number of hydrogen-bond donors (Lipinski definition) is 4.